The maximum absolute atomic E-state index is 11.6. The fraction of sp³-hybridized carbons (Fsp3) is 0.333. The van der Waals surface area contributed by atoms with Crippen molar-refractivity contribution in [3.63, 3.8) is 0 Å². The van der Waals surface area contributed by atoms with Crippen LogP contribution in [0.2, 0.25) is 10.0 Å². The minimum absolute atomic E-state index is 0.120. The van der Waals surface area contributed by atoms with Crippen molar-refractivity contribution in [3.8, 4) is 0 Å². The average molecular weight is 387 g/mol. The second-order valence-electron chi connectivity index (χ2n) is 5.65. The predicted molar refractivity (Wildman–Crippen MR) is 97.2 cm³/mol. The Bertz CT molecular complexity index is 854. The Balaban J connectivity index is 1.82. The van der Waals surface area contributed by atoms with E-state index in [1.165, 1.54) is 0 Å². The van der Waals surface area contributed by atoms with Crippen molar-refractivity contribution in [1.82, 2.24) is 9.97 Å². The molecule has 2 heterocycles. The molecule has 1 aliphatic rings. The van der Waals surface area contributed by atoms with E-state index in [1.54, 1.807) is 31.2 Å². The molecular formula is C15H16Cl2N4O2S. The summed E-state index contributed by atoms with van der Waals surface area (Å²) in [6, 6.07) is 6.78. The van der Waals surface area contributed by atoms with Crippen molar-refractivity contribution in [2.45, 2.75) is 19.4 Å². The van der Waals surface area contributed by atoms with Crippen molar-refractivity contribution in [1.29, 1.82) is 0 Å². The van der Waals surface area contributed by atoms with Gasteiger partial charge in [-0.15, -0.1) is 0 Å². The summed E-state index contributed by atoms with van der Waals surface area (Å²) < 4.78 is 23.1. The van der Waals surface area contributed by atoms with Crippen LogP contribution in [0.1, 0.15) is 12.2 Å². The van der Waals surface area contributed by atoms with Crippen LogP contribution in [0.25, 0.3) is 0 Å². The lowest BCUT2D eigenvalue weighted by atomic mass is 10.2. The summed E-state index contributed by atoms with van der Waals surface area (Å²) >= 11 is 12.3. The van der Waals surface area contributed by atoms with Gasteiger partial charge in [-0.1, -0.05) is 29.3 Å². The molecule has 24 heavy (non-hydrogen) atoms. The zero-order valence-electron chi connectivity index (χ0n) is 12.9. The highest BCUT2D eigenvalue weighted by Crippen LogP contribution is 2.32. The summed E-state index contributed by atoms with van der Waals surface area (Å²) in [5.74, 6) is 1.96. The number of aryl methyl sites for hydroxylation is 1. The largest absolute Gasteiger partial charge is 0.366 e. The highest BCUT2D eigenvalue weighted by Gasteiger charge is 2.28. The zero-order chi connectivity index (χ0) is 17.3. The number of anilines is 3. The van der Waals surface area contributed by atoms with Crippen LogP contribution in [0.3, 0.4) is 0 Å². The Kier molecular flexibility index (Phi) is 4.85. The number of aromatic nitrogens is 2. The standard InChI is InChI=1S/C15H16Cl2N4O2S/c1-9-18-13(20-10-5-6-24(22,23)8-10)7-14(19-9)21-15-11(16)3-2-4-12(15)17/h2-4,7,10H,5-6,8H2,1H3,(H2,18,19,20,21). The molecule has 0 radical (unpaired) electrons. The minimum Gasteiger partial charge on any atom is -0.366 e. The first-order chi connectivity index (χ1) is 11.3. The van der Waals surface area contributed by atoms with Gasteiger partial charge >= 0.3 is 0 Å². The van der Waals surface area contributed by atoms with Crippen LogP contribution in [0.5, 0.6) is 0 Å². The Morgan fingerprint density at radius 1 is 1.17 bits per heavy atom. The van der Waals surface area contributed by atoms with Crippen molar-refractivity contribution in [2.24, 2.45) is 0 Å². The van der Waals surface area contributed by atoms with Gasteiger partial charge in [0.15, 0.2) is 9.84 Å². The molecule has 1 aliphatic heterocycles. The number of para-hydroxylation sites is 1. The molecule has 3 rings (SSSR count). The van der Waals surface area contributed by atoms with Crippen molar-refractivity contribution >= 4 is 50.4 Å². The number of hydrogen-bond acceptors (Lipinski definition) is 6. The molecule has 2 aromatic rings. The van der Waals surface area contributed by atoms with E-state index in [2.05, 4.69) is 20.6 Å². The van der Waals surface area contributed by atoms with E-state index in [4.69, 9.17) is 23.2 Å². The molecule has 2 N–H and O–H groups in total. The number of halogens is 2. The van der Waals surface area contributed by atoms with Crippen LogP contribution in [-0.2, 0) is 9.84 Å². The average Bonchev–Trinajstić information content (AvgIpc) is 2.81. The van der Waals surface area contributed by atoms with E-state index in [-0.39, 0.29) is 17.5 Å². The summed E-state index contributed by atoms with van der Waals surface area (Å²) in [6.45, 7) is 1.76. The molecule has 0 bridgehead atoms. The highest BCUT2D eigenvalue weighted by atomic mass is 35.5. The molecule has 0 saturated carbocycles. The minimum atomic E-state index is -2.95. The van der Waals surface area contributed by atoms with E-state index >= 15 is 0 Å². The fourth-order valence-electron chi connectivity index (χ4n) is 2.57. The van der Waals surface area contributed by atoms with E-state index in [0.29, 0.717) is 39.6 Å². The maximum atomic E-state index is 11.6. The lowest BCUT2D eigenvalue weighted by Gasteiger charge is -2.14. The number of sulfone groups is 1. The zero-order valence-corrected chi connectivity index (χ0v) is 15.2. The SMILES string of the molecule is Cc1nc(Nc2c(Cl)cccc2Cl)cc(NC2CCS(=O)(=O)C2)n1. The molecule has 6 nitrogen and oxygen atoms in total. The van der Waals surface area contributed by atoms with Crippen molar-refractivity contribution < 1.29 is 8.42 Å². The van der Waals surface area contributed by atoms with Crippen LogP contribution in [0.15, 0.2) is 24.3 Å². The van der Waals surface area contributed by atoms with Crippen LogP contribution in [-0.4, -0.2) is 35.9 Å². The fourth-order valence-corrected chi connectivity index (χ4v) is 4.73. The summed E-state index contributed by atoms with van der Waals surface area (Å²) in [5.41, 5.74) is 0.563. The summed E-state index contributed by atoms with van der Waals surface area (Å²) in [5, 5.41) is 7.21. The Hall–Kier alpha value is -1.57. The van der Waals surface area contributed by atoms with Crippen molar-refractivity contribution in [2.75, 3.05) is 22.1 Å². The van der Waals surface area contributed by atoms with Gasteiger partial charge in [-0.25, -0.2) is 18.4 Å². The first-order valence-electron chi connectivity index (χ1n) is 7.36. The van der Waals surface area contributed by atoms with Crippen LogP contribution in [0, 0.1) is 6.92 Å². The maximum Gasteiger partial charge on any atom is 0.152 e. The van der Waals surface area contributed by atoms with Gasteiger partial charge in [-0.05, 0) is 25.5 Å². The number of rotatable bonds is 4. The van der Waals surface area contributed by atoms with Crippen LogP contribution in [0.4, 0.5) is 17.3 Å². The molecule has 0 aliphatic carbocycles. The molecule has 1 aromatic heterocycles. The molecule has 1 aromatic carbocycles. The molecule has 1 unspecified atom stereocenters. The third-order valence-corrected chi connectivity index (χ3v) is 6.04. The van der Waals surface area contributed by atoms with E-state index in [9.17, 15) is 8.42 Å². The van der Waals surface area contributed by atoms with Crippen LogP contribution >= 0.6 is 23.2 Å². The Morgan fingerprint density at radius 2 is 1.83 bits per heavy atom. The van der Waals surface area contributed by atoms with E-state index in [1.807, 2.05) is 0 Å². The molecule has 128 valence electrons. The molecule has 9 heteroatoms. The lowest BCUT2D eigenvalue weighted by Crippen LogP contribution is -2.21. The summed E-state index contributed by atoms with van der Waals surface area (Å²) in [4.78, 5) is 8.63. The number of hydrogen-bond donors (Lipinski definition) is 2. The van der Waals surface area contributed by atoms with Gasteiger partial charge in [0.25, 0.3) is 0 Å². The number of nitrogens with one attached hydrogen (secondary N) is 2. The molecule has 1 saturated heterocycles. The number of benzene rings is 1. The van der Waals surface area contributed by atoms with Gasteiger partial charge in [0, 0.05) is 12.1 Å². The third kappa shape index (κ3) is 4.09. The molecule has 0 amide bonds. The second kappa shape index (κ2) is 6.74. The molecule has 1 fully saturated rings. The van der Waals surface area contributed by atoms with E-state index in [0.717, 1.165) is 0 Å². The molecular weight excluding hydrogens is 371 g/mol. The Morgan fingerprint density at radius 3 is 2.46 bits per heavy atom. The Labute approximate surface area is 150 Å². The molecule has 0 spiro atoms. The van der Waals surface area contributed by atoms with Gasteiger partial charge in [0.05, 0.1) is 27.2 Å². The second-order valence-corrected chi connectivity index (χ2v) is 8.69. The van der Waals surface area contributed by atoms with Gasteiger partial charge < -0.3 is 10.6 Å². The normalized spacial score (nSPS) is 19.2. The predicted octanol–water partition coefficient (Wildman–Crippen LogP) is 3.43. The van der Waals surface area contributed by atoms with E-state index < -0.39 is 9.84 Å². The van der Waals surface area contributed by atoms with Crippen molar-refractivity contribution in [3.05, 3.63) is 40.1 Å². The summed E-state index contributed by atoms with van der Waals surface area (Å²) in [6.07, 6.45) is 0.574. The smallest absolute Gasteiger partial charge is 0.152 e. The number of nitrogens with zero attached hydrogens (tertiary/aromatic N) is 2. The first-order valence-corrected chi connectivity index (χ1v) is 9.94. The highest BCUT2D eigenvalue weighted by molar-refractivity contribution is 7.91. The van der Waals surface area contributed by atoms with Crippen LogP contribution < -0.4 is 10.6 Å². The topological polar surface area (TPSA) is 84.0 Å². The lowest BCUT2D eigenvalue weighted by molar-refractivity contribution is 0.602. The van der Waals surface area contributed by atoms with Gasteiger partial charge in [-0.3, -0.25) is 0 Å². The van der Waals surface area contributed by atoms with Gasteiger partial charge in [-0.2, -0.15) is 0 Å². The third-order valence-electron chi connectivity index (χ3n) is 3.64. The van der Waals surface area contributed by atoms with Gasteiger partial charge in [0.1, 0.15) is 17.5 Å². The first kappa shape index (κ1) is 17.3. The quantitative estimate of drug-likeness (QED) is 0.836. The molecule has 1 atom stereocenters. The monoisotopic (exact) mass is 386 g/mol. The summed E-state index contributed by atoms with van der Waals surface area (Å²) in [7, 11) is -2.95. The van der Waals surface area contributed by atoms with Gasteiger partial charge in [0.2, 0.25) is 0 Å².